The largest absolute Gasteiger partial charge is 0.375 e. The highest BCUT2D eigenvalue weighted by Crippen LogP contribution is 2.28. The zero-order chi connectivity index (χ0) is 13.2. The summed E-state index contributed by atoms with van der Waals surface area (Å²) in [7, 11) is 0. The molecule has 2 rings (SSSR count). The van der Waals surface area contributed by atoms with Crippen LogP contribution in [0.4, 0.5) is 0 Å². The van der Waals surface area contributed by atoms with Crippen molar-refractivity contribution in [1.82, 2.24) is 10.2 Å². The van der Waals surface area contributed by atoms with E-state index >= 15 is 0 Å². The van der Waals surface area contributed by atoms with Crippen molar-refractivity contribution < 1.29 is 9.53 Å². The van der Waals surface area contributed by atoms with Crippen molar-refractivity contribution in [1.29, 1.82) is 0 Å². The number of amides is 1. The van der Waals surface area contributed by atoms with Gasteiger partial charge in [0.2, 0.25) is 5.91 Å². The molecule has 3 unspecified atom stereocenters. The molecule has 2 aliphatic rings. The highest BCUT2D eigenvalue weighted by atomic mass is 16.5. The molecule has 1 amide bonds. The van der Waals surface area contributed by atoms with Gasteiger partial charge in [-0.05, 0) is 39.2 Å². The number of carbonyl (C=O) groups excluding carboxylic acids is 1. The standard InChI is InChI=1S/C14H26N2O2/c1-4-12-10-18-11(3)9-16(12)13(17)14(5-2)7-6-8-15-14/h11-12,15H,4-10H2,1-3H3. The first-order valence-corrected chi connectivity index (χ1v) is 7.30. The van der Waals surface area contributed by atoms with Gasteiger partial charge in [-0.1, -0.05) is 13.8 Å². The summed E-state index contributed by atoms with van der Waals surface area (Å²) >= 11 is 0. The molecule has 4 heteroatoms. The summed E-state index contributed by atoms with van der Waals surface area (Å²) in [5.74, 6) is 0.296. The van der Waals surface area contributed by atoms with Gasteiger partial charge in [-0.15, -0.1) is 0 Å². The van der Waals surface area contributed by atoms with Crippen LogP contribution in [-0.4, -0.2) is 48.2 Å². The average Bonchev–Trinajstić information content (AvgIpc) is 2.87. The molecule has 2 saturated heterocycles. The SMILES string of the molecule is CCC1COC(C)CN1C(=O)C1(CC)CCCN1. The van der Waals surface area contributed by atoms with Gasteiger partial charge in [0.25, 0.3) is 0 Å². The topological polar surface area (TPSA) is 41.6 Å². The number of hydrogen-bond acceptors (Lipinski definition) is 3. The molecule has 3 atom stereocenters. The van der Waals surface area contributed by atoms with E-state index in [2.05, 4.69) is 24.1 Å². The fourth-order valence-corrected chi connectivity index (χ4v) is 3.15. The first kappa shape index (κ1) is 13.8. The van der Waals surface area contributed by atoms with Crippen LogP contribution in [0.5, 0.6) is 0 Å². The van der Waals surface area contributed by atoms with Crippen molar-refractivity contribution in [3.63, 3.8) is 0 Å². The van der Waals surface area contributed by atoms with Crippen LogP contribution >= 0.6 is 0 Å². The third-order valence-electron chi connectivity index (χ3n) is 4.46. The van der Waals surface area contributed by atoms with Crippen molar-refractivity contribution >= 4 is 5.91 Å². The van der Waals surface area contributed by atoms with Crippen molar-refractivity contribution in [2.24, 2.45) is 0 Å². The summed E-state index contributed by atoms with van der Waals surface area (Å²) in [5, 5.41) is 3.44. The number of rotatable bonds is 3. The molecule has 0 aliphatic carbocycles. The Balaban J connectivity index is 2.14. The van der Waals surface area contributed by atoms with Gasteiger partial charge in [-0.25, -0.2) is 0 Å². The minimum absolute atomic E-state index is 0.159. The highest BCUT2D eigenvalue weighted by molar-refractivity contribution is 5.87. The van der Waals surface area contributed by atoms with Crippen LogP contribution in [0.15, 0.2) is 0 Å². The van der Waals surface area contributed by atoms with E-state index in [-0.39, 0.29) is 17.7 Å². The second-order valence-corrected chi connectivity index (χ2v) is 5.63. The van der Waals surface area contributed by atoms with E-state index < -0.39 is 0 Å². The lowest BCUT2D eigenvalue weighted by Crippen LogP contribution is -2.61. The predicted octanol–water partition coefficient (Wildman–Crippen LogP) is 1.54. The normalized spacial score (nSPS) is 36.9. The molecule has 0 aromatic carbocycles. The Hall–Kier alpha value is -0.610. The van der Waals surface area contributed by atoms with Crippen molar-refractivity contribution in [3.05, 3.63) is 0 Å². The van der Waals surface area contributed by atoms with Gasteiger partial charge in [0.15, 0.2) is 0 Å². The van der Waals surface area contributed by atoms with Crippen molar-refractivity contribution in [2.75, 3.05) is 19.7 Å². The second-order valence-electron chi connectivity index (χ2n) is 5.63. The van der Waals surface area contributed by atoms with E-state index in [1.165, 1.54) is 0 Å². The zero-order valence-corrected chi connectivity index (χ0v) is 11.9. The molecule has 18 heavy (non-hydrogen) atoms. The lowest BCUT2D eigenvalue weighted by Gasteiger charge is -2.43. The van der Waals surface area contributed by atoms with Gasteiger partial charge in [-0.2, -0.15) is 0 Å². The Kier molecular flexibility index (Phi) is 4.28. The van der Waals surface area contributed by atoms with Gasteiger partial charge < -0.3 is 15.0 Å². The van der Waals surface area contributed by atoms with Gasteiger partial charge in [-0.3, -0.25) is 4.79 Å². The molecule has 1 N–H and O–H groups in total. The van der Waals surface area contributed by atoms with Crippen LogP contribution in [0.25, 0.3) is 0 Å². The van der Waals surface area contributed by atoms with Crippen molar-refractivity contribution in [2.45, 2.75) is 64.1 Å². The van der Waals surface area contributed by atoms with E-state index in [1.54, 1.807) is 0 Å². The van der Waals surface area contributed by atoms with E-state index in [4.69, 9.17) is 4.74 Å². The first-order chi connectivity index (χ1) is 8.63. The molecule has 104 valence electrons. The number of morpholine rings is 1. The van der Waals surface area contributed by atoms with Gasteiger partial charge in [0, 0.05) is 6.54 Å². The quantitative estimate of drug-likeness (QED) is 0.831. The fourth-order valence-electron chi connectivity index (χ4n) is 3.15. The maximum Gasteiger partial charge on any atom is 0.243 e. The molecule has 2 heterocycles. The number of hydrogen-bond donors (Lipinski definition) is 1. The first-order valence-electron chi connectivity index (χ1n) is 7.30. The van der Waals surface area contributed by atoms with Crippen molar-refractivity contribution in [3.8, 4) is 0 Å². The van der Waals surface area contributed by atoms with E-state index in [1.807, 2.05) is 6.92 Å². The fraction of sp³-hybridized carbons (Fsp3) is 0.929. The number of carbonyl (C=O) groups is 1. The molecule has 0 aromatic heterocycles. The molecule has 0 saturated carbocycles. The van der Waals surface area contributed by atoms with Crippen LogP contribution in [0.1, 0.15) is 46.5 Å². The number of nitrogens with zero attached hydrogens (tertiary/aromatic N) is 1. The lowest BCUT2D eigenvalue weighted by atomic mass is 9.91. The Morgan fingerprint density at radius 3 is 2.83 bits per heavy atom. The third kappa shape index (κ3) is 2.41. The minimum Gasteiger partial charge on any atom is -0.375 e. The number of nitrogens with one attached hydrogen (secondary N) is 1. The van der Waals surface area contributed by atoms with Crippen LogP contribution in [0.3, 0.4) is 0 Å². The molecule has 0 aromatic rings. The van der Waals surface area contributed by atoms with Gasteiger partial charge >= 0.3 is 0 Å². The predicted molar refractivity (Wildman–Crippen MR) is 71.5 cm³/mol. The summed E-state index contributed by atoms with van der Waals surface area (Å²) in [5.41, 5.74) is -0.301. The zero-order valence-electron chi connectivity index (χ0n) is 11.9. The molecular formula is C14H26N2O2. The Bertz CT molecular complexity index is 300. The summed E-state index contributed by atoms with van der Waals surface area (Å²) in [4.78, 5) is 14.9. The summed E-state index contributed by atoms with van der Waals surface area (Å²) < 4.78 is 5.68. The molecular weight excluding hydrogens is 228 g/mol. The minimum atomic E-state index is -0.301. The summed E-state index contributed by atoms with van der Waals surface area (Å²) in [6, 6.07) is 0.250. The lowest BCUT2D eigenvalue weighted by molar-refractivity contribution is -0.151. The second kappa shape index (κ2) is 5.57. The maximum absolute atomic E-state index is 12.9. The van der Waals surface area contributed by atoms with E-state index in [0.717, 1.165) is 38.8 Å². The average molecular weight is 254 g/mol. The smallest absolute Gasteiger partial charge is 0.243 e. The molecule has 4 nitrogen and oxygen atoms in total. The summed E-state index contributed by atoms with van der Waals surface area (Å²) in [6.45, 7) is 8.68. The molecule has 0 spiro atoms. The van der Waals surface area contributed by atoms with Crippen LogP contribution in [-0.2, 0) is 9.53 Å². The van der Waals surface area contributed by atoms with E-state index in [9.17, 15) is 4.79 Å². The number of ether oxygens (including phenoxy) is 1. The Morgan fingerprint density at radius 1 is 1.50 bits per heavy atom. The van der Waals surface area contributed by atoms with Crippen LogP contribution in [0, 0.1) is 0 Å². The maximum atomic E-state index is 12.9. The van der Waals surface area contributed by atoms with Gasteiger partial charge in [0.05, 0.1) is 24.3 Å². The van der Waals surface area contributed by atoms with Gasteiger partial charge in [0.1, 0.15) is 0 Å². The molecule has 2 aliphatic heterocycles. The van der Waals surface area contributed by atoms with E-state index in [0.29, 0.717) is 12.5 Å². The molecule has 0 radical (unpaired) electrons. The highest BCUT2D eigenvalue weighted by Gasteiger charge is 2.44. The Labute approximate surface area is 110 Å². The molecule has 0 bridgehead atoms. The monoisotopic (exact) mass is 254 g/mol. The van der Waals surface area contributed by atoms with Crippen LogP contribution < -0.4 is 5.32 Å². The third-order valence-corrected chi connectivity index (χ3v) is 4.46. The summed E-state index contributed by atoms with van der Waals surface area (Å²) in [6.07, 6.45) is 4.10. The molecule has 2 fully saturated rings. The van der Waals surface area contributed by atoms with Crippen LogP contribution in [0.2, 0.25) is 0 Å². The Morgan fingerprint density at radius 2 is 2.28 bits per heavy atom.